The zero-order valence-electron chi connectivity index (χ0n) is 14.7. The van der Waals surface area contributed by atoms with Crippen molar-refractivity contribution in [2.45, 2.75) is 80.2 Å². The zero-order chi connectivity index (χ0) is 17.1. The summed E-state index contributed by atoms with van der Waals surface area (Å²) in [4.78, 5) is 0. The van der Waals surface area contributed by atoms with Gasteiger partial charge in [0.25, 0.3) is 0 Å². The Hall–Kier alpha value is 0.643. The van der Waals surface area contributed by atoms with Gasteiger partial charge < -0.3 is 29.9 Å². The molecule has 6 nitrogen and oxygen atoms in total. The van der Waals surface area contributed by atoms with Crippen LogP contribution < -0.4 is 20.4 Å². The second-order valence-electron chi connectivity index (χ2n) is 4.14. The zero-order valence-corrected chi connectivity index (χ0v) is 17.1. The molecule has 0 spiro atoms. The molecule has 0 aromatic rings. The molecule has 128 valence electrons. The summed E-state index contributed by atoms with van der Waals surface area (Å²) in [5, 5.41) is 38.9. The molecule has 0 saturated carbocycles. The van der Waals surface area contributed by atoms with E-state index in [1.54, 1.807) is 41.5 Å². The van der Waals surface area contributed by atoms with Gasteiger partial charge in [0.05, 0.1) is 0 Å². The van der Waals surface area contributed by atoms with Crippen LogP contribution in [-0.4, -0.2) is 38.0 Å². The van der Waals surface area contributed by atoms with E-state index in [9.17, 15) is 20.4 Å². The summed E-state index contributed by atoms with van der Waals surface area (Å²) < 4.78 is 8.97. The van der Waals surface area contributed by atoms with Crippen LogP contribution in [-0.2, 0) is 35.7 Å². The van der Waals surface area contributed by atoms with Gasteiger partial charge in [0.1, 0.15) is 0 Å². The first-order valence-corrected chi connectivity index (χ1v) is 6.87. The van der Waals surface area contributed by atoms with E-state index in [0.29, 0.717) is 13.2 Å². The van der Waals surface area contributed by atoms with E-state index in [0.717, 1.165) is 0 Å². The fourth-order valence-electron chi connectivity index (χ4n) is 0.469. The largest absolute Gasteiger partial charge is 4.00 e. The SMILES string of the molecule is CC(C)[O-].CC(C)[O-].CCOC(C)[O-].CCOC(C)[O-].[Zr+4]. The first kappa shape index (κ1) is 33.3. The van der Waals surface area contributed by atoms with Gasteiger partial charge in [-0.2, -0.15) is 0 Å². The Balaban J connectivity index is -0.0000000544. The molecular weight excluding hydrogens is 355 g/mol. The van der Waals surface area contributed by atoms with Crippen molar-refractivity contribution < 1.29 is 56.1 Å². The predicted octanol–water partition coefficient (Wildman–Crippen LogP) is -1.03. The smallest absolute Gasteiger partial charge is 0.852 e. The van der Waals surface area contributed by atoms with Gasteiger partial charge in [0, 0.05) is 13.2 Å². The molecule has 0 bridgehead atoms. The van der Waals surface area contributed by atoms with Crippen LogP contribution in [0.4, 0.5) is 0 Å². The summed E-state index contributed by atoms with van der Waals surface area (Å²) in [5.41, 5.74) is 0. The van der Waals surface area contributed by atoms with E-state index >= 15 is 0 Å². The molecule has 0 aromatic carbocycles. The quantitative estimate of drug-likeness (QED) is 0.570. The molecule has 0 saturated heterocycles. The second kappa shape index (κ2) is 28.8. The molecule has 0 amide bonds. The van der Waals surface area contributed by atoms with Crippen LogP contribution in [0.2, 0.25) is 0 Å². The molecule has 2 unspecified atom stereocenters. The standard InChI is InChI=1S/2C4H9O2.2C3H7O.Zr/c2*1-3-6-4(2)5;2*1-3(2)4;/h2*4H,3H2,1-2H3;2*3H,1-2H3;/q4*-1;+4. The van der Waals surface area contributed by atoms with Gasteiger partial charge in [-0.05, 0) is 26.4 Å². The minimum Gasteiger partial charge on any atom is -0.852 e. The van der Waals surface area contributed by atoms with Gasteiger partial charge in [-0.3, -0.25) is 0 Å². The fourth-order valence-corrected chi connectivity index (χ4v) is 0.469. The minimum absolute atomic E-state index is 0. The molecule has 0 aromatic heterocycles. The monoisotopic (exact) mass is 386 g/mol. The molecular formula is C14H32O6Zr. The van der Waals surface area contributed by atoms with Crippen molar-refractivity contribution in [3.8, 4) is 0 Å². The molecule has 21 heavy (non-hydrogen) atoms. The Morgan fingerprint density at radius 1 is 0.619 bits per heavy atom. The molecule has 0 rings (SSSR count). The minimum atomic E-state index is -0.852. The first-order chi connectivity index (χ1) is 9.00. The number of rotatable bonds is 4. The summed E-state index contributed by atoms with van der Waals surface area (Å²) in [6.45, 7) is 14.0. The van der Waals surface area contributed by atoms with E-state index < -0.39 is 24.8 Å². The molecule has 0 N–H and O–H groups in total. The van der Waals surface area contributed by atoms with Crippen LogP contribution in [0.15, 0.2) is 0 Å². The number of ether oxygens (including phenoxy) is 2. The maximum Gasteiger partial charge on any atom is 4.00 e. The maximum absolute atomic E-state index is 9.90. The third-order valence-electron chi connectivity index (χ3n) is 0.803. The van der Waals surface area contributed by atoms with Crippen LogP contribution in [0.5, 0.6) is 0 Å². The van der Waals surface area contributed by atoms with Crippen molar-refractivity contribution in [3.63, 3.8) is 0 Å². The van der Waals surface area contributed by atoms with Gasteiger partial charge in [-0.1, -0.05) is 41.5 Å². The third-order valence-corrected chi connectivity index (χ3v) is 0.803. The average molecular weight is 388 g/mol. The van der Waals surface area contributed by atoms with E-state index in [-0.39, 0.29) is 26.2 Å². The van der Waals surface area contributed by atoms with Crippen LogP contribution in [0.1, 0.15) is 55.4 Å². The molecule has 2 atom stereocenters. The predicted molar refractivity (Wildman–Crippen MR) is 72.4 cm³/mol. The van der Waals surface area contributed by atoms with Gasteiger partial charge in [0.15, 0.2) is 0 Å². The normalized spacial score (nSPS) is 11.7. The molecule has 0 heterocycles. The van der Waals surface area contributed by atoms with Crippen molar-refractivity contribution >= 4 is 0 Å². The Labute approximate surface area is 149 Å². The van der Waals surface area contributed by atoms with Gasteiger partial charge in [0.2, 0.25) is 0 Å². The van der Waals surface area contributed by atoms with Gasteiger partial charge in [-0.15, -0.1) is 12.2 Å². The van der Waals surface area contributed by atoms with Crippen molar-refractivity contribution in [2.24, 2.45) is 0 Å². The van der Waals surface area contributed by atoms with E-state index in [2.05, 4.69) is 9.47 Å². The Kier molecular flexibility index (Phi) is 45.6. The van der Waals surface area contributed by atoms with Crippen LogP contribution in [0, 0.1) is 0 Å². The summed E-state index contributed by atoms with van der Waals surface area (Å²) in [6, 6.07) is 0. The number of hydrogen-bond acceptors (Lipinski definition) is 6. The van der Waals surface area contributed by atoms with Crippen LogP contribution in [0.25, 0.3) is 0 Å². The number of hydrogen-bond donors (Lipinski definition) is 0. The molecule has 7 heteroatoms. The topological polar surface area (TPSA) is 111 Å². The van der Waals surface area contributed by atoms with Gasteiger partial charge in [-0.25, -0.2) is 0 Å². The van der Waals surface area contributed by atoms with Crippen LogP contribution >= 0.6 is 0 Å². The first-order valence-electron chi connectivity index (χ1n) is 6.87. The summed E-state index contributed by atoms with van der Waals surface area (Å²) in [5.74, 6) is 0. The molecule has 0 aliphatic heterocycles. The van der Waals surface area contributed by atoms with Crippen molar-refractivity contribution in [1.29, 1.82) is 0 Å². The third kappa shape index (κ3) is 163. The summed E-state index contributed by atoms with van der Waals surface area (Å²) in [7, 11) is 0. The second-order valence-corrected chi connectivity index (χ2v) is 4.14. The van der Waals surface area contributed by atoms with E-state index in [1.165, 1.54) is 13.8 Å². The Bertz CT molecular complexity index is 122. The van der Waals surface area contributed by atoms with Crippen molar-refractivity contribution in [1.82, 2.24) is 0 Å². The summed E-state index contributed by atoms with van der Waals surface area (Å²) in [6.07, 6.45) is -2.54. The average Bonchev–Trinajstić information content (AvgIpc) is 2.15. The van der Waals surface area contributed by atoms with Crippen LogP contribution in [0.3, 0.4) is 0 Å². The van der Waals surface area contributed by atoms with E-state index in [4.69, 9.17) is 0 Å². The fraction of sp³-hybridized carbons (Fsp3) is 1.00. The Morgan fingerprint density at radius 3 is 0.762 bits per heavy atom. The molecule has 0 aliphatic carbocycles. The molecule has 0 fully saturated rings. The van der Waals surface area contributed by atoms with E-state index in [1.807, 2.05) is 0 Å². The van der Waals surface area contributed by atoms with Crippen molar-refractivity contribution in [2.75, 3.05) is 13.2 Å². The van der Waals surface area contributed by atoms with Crippen molar-refractivity contribution in [3.05, 3.63) is 0 Å². The molecule has 0 radical (unpaired) electrons. The molecule has 0 aliphatic rings. The maximum atomic E-state index is 9.90. The van der Waals surface area contributed by atoms with Gasteiger partial charge >= 0.3 is 26.2 Å². The Morgan fingerprint density at radius 2 is 0.762 bits per heavy atom. The summed E-state index contributed by atoms with van der Waals surface area (Å²) >= 11 is 0.